The Bertz CT molecular complexity index is 984. The predicted molar refractivity (Wildman–Crippen MR) is 123 cm³/mol. The summed E-state index contributed by atoms with van der Waals surface area (Å²) in [6.45, 7) is 3.37. The van der Waals surface area contributed by atoms with Crippen molar-refractivity contribution >= 4 is 23.5 Å². The van der Waals surface area contributed by atoms with Gasteiger partial charge in [-0.05, 0) is 49.6 Å². The second-order valence-electron chi connectivity index (χ2n) is 7.84. The van der Waals surface area contributed by atoms with Gasteiger partial charge in [0.05, 0.1) is 19.8 Å². The molecule has 1 fully saturated rings. The Morgan fingerprint density at radius 2 is 1.97 bits per heavy atom. The van der Waals surface area contributed by atoms with E-state index in [0.29, 0.717) is 49.5 Å². The molecule has 1 aromatic heterocycles. The van der Waals surface area contributed by atoms with Gasteiger partial charge in [0, 0.05) is 38.4 Å². The van der Waals surface area contributed by atoms with E-state index < -0.39 is 0 Å². The average Bonchev–Trinajstić information content (AvgIpc) is 3.25. The van der Waals surface area contributed by atoms with Gasteiger partial charge in [-0.25, -0.2) is 9.78 Å². The van der Waals surface area contributed by atoms with Crippen LogP contribution in [-0.2, 0) is 6.42 Å². The quantitative estimate of drug-likeness (QED) is 0.641. The van der Waals surface area contributed by atoms with E-state index in [1.54, 1.807) is 43.2 Å². The number of carbonyl (C=O) groups is 2. The monoisotopic (exact) mass is 460 g/mol. The number of urea groups is 1. The number of nitrogens with zero attached hydrogens (tertiary/aromatic N) is 3. The van der Waals surface area contributed by atoms with Crippen LogP contribution in [0.1, 0.15) is 28.0 Å². The van der Waals surface area contributed by atoms with Gasteiger partial charge in [0.1, 0.15) is 5.15 Å². The maximum atomic E-state index is 12.8. The van der Waals surface area contributed by atoms with Crippen LogP contribution in [0, 0.1) is 6.92 Å². The number of hydrogen-bond donors (Lipinski definition) is 1. The summed E-state index contributed by atoms with van der Waals surface area (Å²) in [4.78, 5) is 32.9. The lowest BCUT2D eigenvalue weighted by atomic mass is 10.1. The molecule has 2 aromatic rings. The highest BCUT2D eigenvalue weighted by Gasteiger charge is 2.29. The van der Waals surface area contributed by atoms with E-state index in [1.807, 2.05) is 25.1 Å². The number of amides is 3. The topological polar surface area (TPSA) is 84.0 Å². The summed E-state index contributed by atoms with van der Waals surface area (Å²) in [7, 11) is 4.95. The lowest BCUT2D eigenvalue weighted by Crippen LogP contribution is -2.45. The maximum Gasteiger partial charge on any atom is 0.317 e. The molecule has 2 heterocycles. The van der Waals surface area contributed by atoms with Gasteiger partial charge in [-0.3, -0.25) is 4.79 Å². The van der Waals surface area contributed by atoms with Crippen LogP contribution in [-0.4, -0.2) is 73.7 Å². The summed E-state index contributed by atoms with van der Waals surface area (Å²) in [6, 6.07) is 8.91. The van der Waals surface area contributed by atoms with Gasteiger partial charge in [-0.1, -0.05) is 17.7 Å². The van der Waals surface area contributed by atoms with Crippen molar-refractivity contribution in [1.82, 2.24) is 20.1 Å². The van der Waals surface area contributed by atoms with Gasteiger partial charge in [-0.15, -0.1) is 0 Å². The molecule has 172 valence electrons. The van der Waals surface area contributed by atoms with Crippen molar-refractivity contribution in [3.63, 3.8) is 0 Å². The third-order valence-electron chi connectivity index (χ3n) is 5.55. The maximum absolute atomic E-state index is 12.8. The van der Waals surface area contributed by atoms with Crippen LogP contribution in [0.5, 0.6) is 11.5 Å². The number of nitrogens with one attached hydrogen (secondary N) is 1. The molecule has 1 saturated heterocycles. The van der Waals surface area contributed by atoms with Gasteiger partial charge in [-0.2, -0.15) is 0 Å². The van der Waals surface area contributed by atoms with Crippen LogP contribution in [0.2, 0.25) is 5.15 Å². The number of halogens is 1. The zero-order valence-electron chi connectivity index (χ0n) is 18.9. The first-order valence-electron chi connectivity index (χ1n) is 10.5. The second kappa shape index (κ2) is 10.5. The molecule has 1 aromatic carbocycles. The number of hydrogen-bond acceptors (Lipinski definition) is 5. The molecule has 0 spiro atoms. The summed E-state index contributed by atoms with van der Waals surface area (Å²) in [5.74, 6) is 1.17. The van der Waals surface area contributed by atoms with E-state index in [-0.39, 0.29) is 23.1 Å². The number of benzene rings is 1. The molecular formula is C23H29ClN4O4. The van der Waals surface area contributed by atoms with E-state index in [2.05, 4.69) is 10.3 Å². The van der Waals surface area contributed by atoms with Crippen LogP contribution in [0.15, 0.2) is 30.3 Å². The number of carbonyl (C=O) groups excluding carboxylic acids is 2. The summed E-state index contributed by atoms with van der Waals surface area (Å²) >= 11 is 6.14. The number of pyridine rings is 1. The van der Waals surface area contributed by atoms with Crippen molar-refractivity contribution in [3.8, 4) is 11.5 Å². The lowest BCUT2D eigenvalue weighted by Gasteiger charge is -2.22. The fourth-order valence-corrected chi connectivity index (χ4v) is 3.91. The van der Waals surface area contributed by atoms with Crippen LogP contribution >= 0.6 is 11.6 Å². The van der Waals surface area contributed by atoms with Crippen LogP contribution < -0.4 is 14.8 Å². The van der Waals surface area contributed by atoms with Crippen LogP contribution in [0.25, 0.3) is 0 Å². The summed E-state index contributed by atoms with van der Waals surface area (Å²) in [5.41, 5.74) is 2.19. The number of rotatable bonds is 7. The van der Waals surface area contributed by atoms with E-state index in [0.717, 1.165) is 11.3 Å². The van der Waals surface area contributed by atoms with Gasteiger partial charge < -0.3 is 24.6 Å². The van der Waals surface area contributed by atoms with E-state index >= 15 is 0 Å². The minimum absolute atomic E-state index is 0.104. The predicted octanol–water partition coefficient (Wildman–Crippen LogP) is 3.16. The molecule has 1 unspecified atom stereocenters. The summed E-state index contributed by atoms with van der Waals surface area (Å²) in [6.07, 6.45) is 1.37. The highest BCUT2D eigenvalue weighted by Crippen LogP contribution is 2.27. The number of aryl methyl sites for hydroxylation is 1. The van der Waals surface area contributed by atoms with E-state index in [4.69, 9.17) is 21.1 Å². The Morgan fingerprint density at radius 3 is 2.66 bits per heavy atom. The standard InChI is InChI=1S/C23H29ClN4O4/c1-15-5-7-18(21(24)25-15)22(29)28-12-10-17(14-28)26-23(30)27(2)11-9-16-6-8-19(31-3)20(13-16)32-4/h5-8,13,17H,9-12,14H2,1-4H3,(H,26,30). The van der Waals surface area contributed by atoms with Crippen molar-refractivity contribution in [3.05, 3.63) is 52.3 Å². The molecule has 1 aliphatic rings. The largest absolute Gasteiger partial charge is 0.493 e. The molecule has 0 bridgehead atoms. The molecule has 0 radical (unpaired) electrons. The molecule has 0 saturated carbocycles. The average molecular weight is 461 g/mol. The molecule has 32 heavy (non-hydrogen) atoms. The first-order chi connectivity index (χ1) is 15.3. The van der Waals surface area contributed by atoms with Crippen LogP contribution in [0.4, 0.5) is 4.79 Å². The molecule has 9 heteroatoms. The Labute approximate surface area is 193 Å². The molecule has 8 nitrogen and oxygen atoms in total. The highest BCUT2D eigenvalue weighted by atomic mass is 35.5. The third kappa shape index (κ3) is 5.62. The summed E-state index contributed by atoms with van der Waals surface area (Å²) in [5, 5.41) is 3.22. The first-order valence-corrected chi connectivity index (χ1v) is 10.8. The smallest absolute Gasteiger partial charge is 0.317 e. The first kappa shape index (κ1) is 23.7. The summed E-state index contributed by atoms with van der Waals surface area (Å²) < 4.78 is 10.6. The Balaban J connectivity index is 1.50. The molecule has 0 aliphatic carbocycles. The highest BCUT2D eigenvalue weighted by molar-refractivity contribution is 6.32. The van der Waals surface area contributed by atoms with Crippen molar-refractivity contribution in [2.24, 2.45) is 0 Å². The van der Waals surface area contributed by atoms with Crippen molar-refractivity contribution in [2.45, 2.75) is 25.8 Å². The fraction of sp³-hybridized carbons (Fsp3) is 0.435. The Hall–Kier alpha value is -3.00. The minimum Gasteiger partial charge on any atom is -0.493 e. The number of likely N-dealkylation sites (N-methyl/N-ethyl adjacent to an activating group) is 1. The van der Waals surface area contributed by atoms with Crippen molar-refractivity contribution in [2.75, 3.05) is 40.9 Å². The minimum atomic E-state index is -0.167. The zero-order chi connectivity index (χ0) is 23.3. The van der Waals surface area contributed by atoms with Gasteiger partial charge >= 0.3 is 6.03 Å². The molecular weight excluding hydrogens is 432 g/mol. The second-order valence-corrected chi connectivity index (χ2v) is 8.20. The number of likely N-dealkylation sites (tertiary alicyclic amines) is 1. The zero-order valence-corrected chi connectivity index (χ0v) is 19.6. The molecule has 3 amide bonds. The van der Waals surface area contributed by atoms with Crippen molar-refractivity contribution < 1.29 is 19.1 Å². The van der Waals surface area contributed by atoms with Gasteiger partial charge in [0.2, 0.25) is 0 Å². The Kier molecular flexibility index (Phi) is 7.80. The number of aromatic nitrogens is 1. The normalized spacial score (nSPS) is 15.4. The van der Waals surface area contributed by atoms with E-state index in [1.165, 1.54) is 0 Å². The number of ether oxygens (including phenoxy) is 2. The molecule has 3 rings (SSSR count). The lowest BCUT2D eigenvalue weighted by molar-refractivity contribution is 0.0788. The Morgan fingerprint density at radius 1 is 1.22 bits per heavy atom. The SMILES string of the molecule is COc1ccc(CCN(C)C(=O)NC2CCN(C(=O)c3ccc(C)nc3Cl)C2)cc1OC. The fourth-order valence-electron chi connectivity index (χ4n) is 3.64. The molecule has 1 N–H and O–H groups in total. The van der Waals surface area contributed by atoms with E-state index in [9.17, 15) is 9.59 Å². The molecule has 1 atom stereocenters. The van der Waals surface area contributed by atoms with Crippen molar-refractivity contribution in [1.29, 1.82) is 0 Å². The molecule has 1 aliphatic heterocycles. The third-order valence-corrected chi connectivity index (χ3v) is 5.84. The van der Waals surface area contributed by atoms with Gasteiger partial charge in [0.25, 0.3) is 5.91 Å². The van der Waals surface area contributed by atoms with Gasteiger partial charge in [0.15, 0.2) is 11.5 Å². The van der Waals surface area contributed by atoms with Crippen LogP contribution in [0.3, 0.4) is 0 Å². The number of methoxy groups -OCH3 is 2.